The van der Waals surface area contributed by atoms with Gasteiger partial charge in [0.05, 0.1) is 5.56 Å². The lowest BCUT2D eigenvalue weighted by Crippen LogP contribution is -1.88. The highest BCUT2D eigenvalue weighted by Gasteiger charge is 2.21. The molecule has 0 atom stereocenters. The summed E-state index contributed by atoms with van der Waals surface area (Å²) in [5.41, 5.74) is 6.35. The van der Waals surface area contributed by atoms with Crippen LogP contribution in [0.1, 0.15) is 0 Å². The molecule has 0 saturated carbocycles. The van der Waals surface area contributed by atoms with Crippen molar-refractivity contribution in [3.8, 4) is 32.7 Å². The first kappa shape index (κ1) is 14.8. The van der Waals surface area contributed by atoms with Crippen molar-refractivity contribution < 1.29 is 0 Å². The van der Waals surface area contributed by atoms with Gasteiger partial charge in [0.25, 0.3) is 0 Å². The van der Waals surface area contributed by atoms with Crippen LogP contribution in [0.3, 0.4) is 0 Å². The molecule has 0 N–H and O–H groups in total. The van der Waals surface area contributed by atoms with E-state index in [0.717, 1.165) is 0 Å². The van der Waals surface area contributed by atoms with Crippen molar-refractivity contribution in [2.45, 2.75) is 0 Å². The minimum atomic E-state index is 1.25. The molecule has 0 fully saturated rings. The summed E-state index contributed by atoms with van der Waals surface area (Å²) in [5, 5.41) is 2.19. The molecule has 4 aromatic rings. The largest absolute Gasteiger partial charge is 0.246 e. The average molecular weight is 325 g/mol. The van der Waals surface area contributed by atoms with E-state index in [1.54, 1.807) is 11.3 Å². The van der Waals surface area contributed by atoms with Gasteiger partial charge in [0.15, 0.2) is 5.38 Å². The van der Waals surface area contributed by atoms with E-state index in [1.807, 2.05) is 0 Å². The molecule has 0 spiro atoms. The van der Waals surface area contributed by atoms with Gasteiger partial charge in [-0.2, -0.15) is 0 Å². The van der Waals surface area contributed by atoms with Gasteiger partial charge in [0.2, 0.25) is 16.2 Å². The molecule has 4 rings (SSSR count). The van der Waals surface area contributed by atoms with E-state index in [9.17, 15) is 0 Å². The van der Waals surface area contributed by atoms with E-state index in [2.05, 4.69) is 102 Å². The van der Waals surface area contributed by atoms with Gasteiger partial charge in [-0.25, -0.2) is 0 Å². The molecular formula is C23H17S+. The van der Waals surface area contributed by atoms with Crippen molar-refractivity contribution in [2.24, 2.45) is 0 Å². The summed E-state index contributed by atoms with van der Waals surface area (Å²) in [5.74, 6) is 0. The van der Waals surface area contributed by atoms with Gasteiger partial charge in [-0.1, -0.05) is 78.9 Å². The van der Waals surface area contributed by atoms with Crippen LogP contribution in [-0.4, -0.2) is 0 Å². The Morgan fingerprint density at radius 3 is 1.54 bits per heavy atom. The number of hydrogen-bond donors (Lipinski definition) is 0. The highest BCUT2D eigenvalue weighted by Crippen LogP contribution is 2.42. The van der Waals surface area contributed by atoms with Gasteiger partial charge < -0.3 is 0 Å². The maximum atomic E-state index is 2.23. The van der Waals surface area contributed by atoms with Gasteiger partial charge in [-0.15, -0.1) is 0 Å². The van der Waals surface area contributed by atoms with Crippen LogP contribution >= 0.6 is 11.3 Å². The van der Waals surface area contributed by atoms with Crippen molar-refractivity contribution in [3.05, 3.63) is 102 Å². The molecule has 0 nitrogen and oxygen atoms in total. The van der Waals surface area contributed by atoms with Crippen molar-refractivity contribution in [3.63, 3.8) is 0 Å². The minimum Gasteiger partial charge on any atom is -0.0622 e. The Balaban J connectivity index is 2.02. The van der Waals surface area contributed by atoms with E-state index in [4.69, 9.17) is 0 Å². The number of hydrogen-bond acceptors (Lipinski definition) is 0. The minimum absolute atomic E-state index is 1.25. The summed E-state index contributed by atoms with van der Waals surface area (Å²) >= 11 is 1.80. The molecule has 0 aliphatic carbocycles. The molecule has 24 heavy (non-hydrogen) atoms. The third-order valence-electron chi connectivity index (χ3n) is 4.10. The van der Waals surface area contributed by atoms with Crippen molar-refractivity contribution in [1.82, 2.24) is 0 Å². The Morgan fingerprint density at radius 2 is 0.958 bits per heavy atom. The molecule has 3 aromatic carbocycles. The van der Waals surface area contributed by atoms with E-state index >= 15 is 0 Å². The summed E-state index contributed by atoms with van der Waals surface area (Å²) in [4.78, 5) is 1.31. The fraction of sp³-hybridized carbons (Fsp3) is 0. The molecule has 1 heterocycles. The summed E-state index contributed by atoms with van der Waals surface area (Å²) < 4.78 is 0. The second-order valence-electron chi connectivity index (χ2n) is 5.64. The fourth-order valence-electron chi connectivity index (χ4n) is 2.99. The molecule has 0 aliphatic rings. The first-order chi connectivity index (χ1) is 11.9. The third-order valence-corrected chi connectivity index (χ3v) is 5.05. The van der Waals surface area contributed by atoms with Gasteiger partial charge in [0, 0.05) is 17.2 Å². The Bertz CT molecular complexity index is 872. The van der Waals surface area contributed by atoms with Gasteiger partial charge >= 0.3 is 0 Å². The third kappa shape index (κ3) is 2.86. The summed E-state index contributed by atoms with van der Waals surface area (Å²) in [6, 6.07) is 34.2. The average Bonchev–Trinajstić information content (AvgIpc) is 2.69. The maximum absolute atomic E-state index is 2.23. The molecule has 0 saturated heterocycles. The molecule has 0 aliphatic heterocycles. The summed E-state index contributed by atoms with van der Waals surface area (Å²) in [6.45, 7) is 0. The lowest BCUT2D eigenvalue weighted by molar-refractivity contribution is 1.60. The zero-order valence-corrected chi connectivity index (χ0v) is 14.0. The SMILES string of the molecule is c1ccc(-c2cc[s+]c(-c3ccccc3)c2-c2ccccc2)cc1. The smallest absolute Gasteiger partial charge is 0.0622 e. The van der Waals surface area contributed by atoms with Gasteiger partial charge in [-0.3, -0.25) is 0 Å². The first-order valence-electron chi connectivity index (χ1n) is 8.04. The Kier molecular flexibility index (Phi) is 4.18. The fourth-order valence-corrected chi connectivity index (χ4v) is 3.94. The van der Waals surface area contributed by atoms with Crippen LogP contribution in [0, 0.1) is 0 Å². The van der Waals surface area contributed by atoms with Crippen LogP contribution in [0.2, 0.25) is 0 Å². The molecule has 114 valence electrons. The van der Waals surface area contributed by atoms with Crippen LogP contribution in [0.4, 0.5) is 0 Å². The number of benzene rings is 3. The molecule has 0 amide bonds. The first-order valence-corrected chi connectivity index (χ1v) is 8.92. The van der Waals surface area contributed by atoms with Crippen molar-refractivity contribution >= 4 is 11.3 Å². The molecule has 1 heteroatoms. The van der Waals surface area contributed by atoms with E-state index < -0.39 is 0 Å². The highest BCUT2D eigenvalue weighted by molar-refractivity contribution is 7.13. The second kappa shape index (κ2) is 6.77. The molecule has 1 aromatic heterocycles. The van der Waals surface area contributed by atoms with E-state index in [1.165, 1.54) is 32.7 Å². The van der Waals surface area contributed by atoms with Crippen molar-refractivity contribution in [1.29, 1.82) is 0 Å². The zero-order chi connectivity index (χ0) is 16.2. The molecule has 0 unspecified atom stereocenters. The lowest BCUT2D eigenvalue weighted by atomic mass is 9.93. The van der Waals surface area contributed by atoms with Crippen LogP contribution < -0.4 is 0 Å². The molecule has 0 radical (unpaired) electrons. The Morgan fingerprint density at radius 1 is 0.458 bits per heavy atom. The van der Waals surface area contributed by atoms with E-state index in [-0.39, 0.29) is 0 Å². The zero-order valence-electron chi connectivity index (χ0n) is 13.2. The lowest BCUT2D eigenvalue weighted by Gasteiger charge is -2.10. The molecule has 0 bridgehead atoms. The standard InChI is InChI=1S/C23H17S/c1-4-10-18(11-5-1)21-16-17-24-23(20-14-8-3-9-15-20)22(21)19-12-6-2-7-13-19/h1-17H/q+1. The maximum Gasteiger partial charge on any atom is 0.246 e. The Hall–Kier alpha value is -2.77. The van der Waals surface area contributed by atoms with Gasteiger partial charge in [0.1, 0.15) is 0 Å². The van der Waals surface area contributed by atoms with Gasteiger partial charge in [-0.05, 0) is 23.3 Å². The second-order valence-corrected chi connectivity index (χ2v) is 6.55. The van der Waals surface area contributed by atoms with Crippen LogP contribution in [0.25, 0.3) is 32.7 Å². The molecular weight excluding hydrogens is 308 g/mol. The number of rotatable bonds is 3. The summed E-state index contributed by atoms with van der Waals surface area (Å²) in [7, 11) is 0. The predicted octanol–water partition coefficient (Wildman–Crippen LogP) is 7.03. The van der Waals surface area contributed by atoms with Crippen LogP contribution in [0.5, 0.6) is 0 Å². The Labute approximate surface area is 146 Å². The quantitative estimate of drug-likeness (QED) is 0.355. The predicted molar refractivity (Wildman–Crippen MR) is 105 cm³/mol. The van der Waals surface area contributed by atoms with Crippen LogP contribution in [-0.2, 0) is 0 Å². The summed E-state index contributed by atoms with van der Waals surface area (Å²) in [6.07, 6.45) is 0. The topological polar surface area (TPSA) is 0 Å². The normalized spacial score (nSPS) is 10.5. The van der Waals surface area contributed by atoms with E-state index in [0.29, 0.717) is 0 Å². The van der Waals surface area contributed by atoms with Crippen molar-refractivity contribution in [2.75, 3.05) is 0 Å². The monoisotopic (exact) mass is 325 g/mol. The highest BCUT2D eigenvalue weighted by atomic mass is 32.1. The van der Waals surface area contributed by atoms with Crippen LogP contribution in [0.15, 0.2) is 102 Å².